The summed E-state index contributed by atoms with van der Waals surface area (Å²) in [6, 6.07) is 13.0. The molecule has 0 unspecified atom stereocenters. The minimum atomic E-state index is -0.449. The minimum Gasteiger partial charge on any atom is -0.491 e. The van der Waals surface area contributed by atoms with Crippen molar-refractivity contribution in [2.75, 3.05) is 11.9 Å². The van der Waals surface area contributed by atoms with Crippen LogP contribution in [0, 0.1) is 18.3 Å². The topological polar surface area (TPSA) is 62.1 Å². The summed E-state index contributed by atoms with van der Waals surface area (Å²) in [5, 5.41) is 12.1. The molecule has 0 aliphatic carbocycles. The quantitative estimate of drug-likeness (QED) is 0.419. The number of nitrogens with zero attached hydrogens (tertiary/aromatic N) is 1. The molecule has 0 heterocycles. The van der Waals surface area contributed by atoms with Crippen molar-refractivity contribution in [3.8, 4) is 11.8 Å². The van der Waals surface area contributed by atoms with E-state index in [9.17, 15) is 10.1 Å². The standard InChI is InChI=1S/C20H18Br2N2O2/c1-3-8-26-19-17(21)10-14(11-18(19)22)9-15(12-23)20(25)24-16-6-4-13(2)5-7-16/h4-7,9-11H,3,8H2,1-2H3,(H,24,25)/b15-9+. The fourth-order valence-corrected chi connectivity index (χ4v) is 3.61. The van der Waals surface area contributed by atoms with Crippen LogP contribution in [0.5, 0.6) is 5.75 Å². The number of rotatable bonds is 6. The van der Waals surface area contributed by atoms with Crippen LogP contribution in [0.3, 0.4) is 0 Å². The number of amides is 1. The first kappa shape index (κ1) is 20.2. The summed E-state index contributed by atoms with van der Waals surface area (Å²) in [5.74, 6) is 0.251. The number of anilines is 1. The third-order valence-corrected chi connectivity index (χ3v) is 4.63. The molecule has 2 aromatic rings. The highest BCUT2D eigenvalue weighted by Crippen LogP contribution is 2.35. The van der Waals surface area contributed by atoms with Crippen LogP contribution in [0.1, 0.15) is 24.5 Å². The maximum Gasteiger partial charge on any atom is 0.266 e. The van der Waals surface area contributed by atoms with Gasteiger partial charge in [0.15, 0.2) is 0 Å². The van der Waals surface area contributed by atoms with E-state index in [1.54, 1.807) is 18.2 Å². The van der Waals surface area contributed by atoms with Crippen molar-refractivity contribution in [3.05, 3.63) is 62.0 Å². The predicted octanol–water partition coefficient (Wildman–Crippen LogP) is 5.85. The number of nitriles is 1. The lowest BCUT2D eigenvalue weighted by molar-refractivity contribution is -0.112. The third kappa shape index (κ3) is 5.45. The molecular weight excluding hydrogens is 460 g/mol. The highest BCUT2D eigenvalue weighted by atomic mass is 79.9. The van der Waals surface area contributed by atoms with Crippen LogP contribution in [0.2, 0.25) is 0 Å². The predicted molar refractivity (Wildman–Crippen MR) is 111 cm³/mol. The van der Waals surface area contributed by atoms with Gasteiger partial charge in [-0.2, -0.15) is 5.26 Å². The van der Waals surface area contributed by atoms with Crippen LogP contribution >= 0.6 is 31.9 Å². The average Bonchev–Trinajstić information content (AvgIpc) is 2.61. The van der Waals surface area contributed by atoms with Gasteiger partial charge in [-0.25, -0.2) is 0 Å². The van der Waals surface area contributed by atoms with Crippen LogP contribution in [-0.2, 0) is 4.79 Å². The number of carbonyl (C=O) groups excluding carboxylic acids is 1. The van der Waals surface area contributed by atoms with E-state index in [-0.39, 0.29) is 5.57 Å². The summed E-state index contributed by atoms with van der Waals surface area (Å²) >= 11 is 6.94. The summed E-state index contributed by atoms with van der Waals surface area (Å²) in [6.45, 7) is 4.61. The number of ether oxygens (including phenoxy) is 1. The molecule has 0 saturated heterocycles. The molecule has 6 heteroatoms. The Morgan fingerprint density at radius 2 is 1.85 bits per heavy atom. The Hall–Kier alpha value is -2.10. The number of nitrogens with one attached hydrogen (secondary N) is 1. The van der Waals surface area contributed by atoms with Gasteiger partial charge in [0.1, 0.15) is 17.4 Å². The maximum atomic E-state index is 12.4. The van der Waals surface area contributed by atoms with Gasteiger partial charge >= 0.3 is 0 Å². The van der Waals surface area contributed by atoms with Crippen LogP contribution in [-0.4, -0.2) is 12.5 Å². The Balaban J connectivity index is 2.23. The number of hydrogen-bond donors (Lipinski definition) is 1. The zero-order valence-corrected chi connectivity index (χ0v) is 17.6. The normalized spacial score (nSPS) is 11.0. The first-order chi connectivity index (χ1) is 12.4. The monoisotopic (exact) mass is 476 g/mol. The van der Waals surface area contributed by atoms with E-state index in [1.165, 1.54) is 0 Å². The molecule has 4 nitrogen and oxygen atoms in total. The zero-order valence-electron chi connectivity index (χ0n) is 14.5. The second kappa shape index (κ2) is 9.56. The van der Waals surface area contributed by atoms with Crippen molar-refractivity contribution in [2.45, 2.75) is 20.3 Å². The van der Waals surface area contributed by atoms with E-state index in [4.69, 9.17) is 4.74 Å². The molecule has 0 spiro atoms. The molecule has 2 aromatic carbocycles. The van der Waals surface area contributed by atoms with Gasteiger partial charge in [0.05, 0.1) is 15.6 Å². The van der Waals surface area contributed by atoms with Gasteiger partial charge in [-0.15, -0.1) is 0 Å². The van der Waals surface area contributed by atoms with Crippen molar-refractivity contribution in [3.63, 3.8) is 0 Å². The van der Waals surface area contributed by atoms with Crippen molar-refractivity contribution in [2.24, 2.45) is 0 Å². The van der Waals surface area contributed by atoms with Gasteiger partial charge < -0.3 is 10.1 Å². The molecule has 0 aliphatic heterocycles. The molecule has 2 rings (SSSR count). The van der Waals surface area contributed by atoms with Crippen molar-refractivity contribution >= 4 is 49.5 Å². The first-order valence-electron chi connectivity index (χ1n) is 8.06. The second-order valence-electron chi connectivity index (χ2n) is 5.65. The molecule has 134 valence electrons. The molecule has 26 heavy (non-hydrogen) atoms. The van der Waals surface area contributed by atoms with E-state index in [0.29, 0.717) is 23.6 Å². The lowest BCUT2D eigenvalue weighted by Crippen LogP contribution is -2.13. The Morgan fingerprint density at radius 3 is 2.38 bits per heavy atom. The highest BCUT2D eigenvalue weighted by Gasteiger charge is 2.12. The lowest BCUT2D eigenvalue weighted by atomic mass is 10.1. The molecule has 0 bridgehead atoms. The molecule has 0 aliphatic rings. The Bertz CT molecular complexity index is 845. The van der Waals surface area contributed by atoms with E-state index in [0.717, 1.165) is 20.9 Å². The minimum absolute atomic E-state index is 0.0200. The largest absolute Gasteiger partial charge is 0.491 e. The fraction of sp³-hybridized carbons (Fsp3) is 0.200. The summed E-state index contributed by atoms with van der Waals surface area (Å²) in [4.78, 5) is 12.4. The second-order valence-corrected chi connectivity index (χ2v) is 7.36. The van der Waals surface area contributed by atoms with E-state index in [1.807, 2.05) is 44.2 Å². The average molecular weight is 478 g/mol. The van der Waals surface area contributed by atoms with Gasteiger partial charge in [0.25, 0.3) is 5.91 Å². The highest BCUT2D eigenvalue weighted by molar-refractivity contribution is 9.11. The Morgan fingerprint density at radius 1 is 1.23 bits per heavy atom. The number of benzene rings is 2. The number of hydrogen-bond acceptors (Lipinski definition) is 3. The molecule has 0 radical (unpaired) electrons. The Labute approximate surface area is 170 Å². The SMILES string of the molecule is CCCOc1c(Br)cc(/C=C(\C#N)C(=O)Nc2ccc(C)cc2)cc1Br. The van der Waals surface area contributed by atoms with Gasteiger partial charge in [0.2, 0.25) is 0 Å². The fourth-order valence-electron chi connectivity index (χ4n) is 2.16. The van der Waals surface area contributed by atoms with Crippen LogP contribution < -0.4 is 10.1 Å². The molecule has 1 amide bonds. The van der Waals surface area contributed by atoms with E-state index < -0.39 is 5.91 Å². The van der Waals surface area contributed by atoms with Gasteiger partial charge in [-0.3, -0.25) is 4.79 Å². The summed E-state index contributed by atoms with van der Waals surface area (Å²) in [5.41, 5.74) is 2.47. The number of carbonyl (C=O) groups is 1. The maximum absolute atomic E-state index is 12.4. The van der Waals surface area contributed by atoms with Gasteiger partial charge in [-0.1, -0.05) is 24.6 Å². The molecule has 0 fully saturated rings. The summed E-state index contributed by atoms with van der Waals surface area (Å²) in [7, 11) is 0. The smallest absolute Gasteiger partial charge is 0.266 e. The third-order valence-electron chi connectivity index (χ3n) is 3.46. The molecule has 0 aromatic heterocycles. The summed E-state index contributed by atoms with van der Waals surface area (Å²) in [6.07, 6.45) is 2.45. The number of halogens is 2. The van der Waals surface area contributed by atoms with Crippen molar-refractivity contribution < 1.29 is 9.53 Å². The van der Waals surface area contributed by atoms with E-state index in [2.05, 4.69) is 37.2 Å². The van der Waals surface area contributed by atoms with E-state index >= 15 is 0 Å². The summed E-state index contributed by atoms with van der Waals surface area (Å²) < 4.78 is 7.19. The lowest BCUT2D eigenvalue weighted by Gasteiger charge is -2.10. The van der Waals surface area contributed by atoms with Crippen LogP contribution in [0.25, 0.3) is 6.08 Å². The molecule has 1 N–H and O–H groups in total. The molecule has 0 saturated carbocycles. The van der Waals surface area contributed by atoms with Gasteiger partial charge in [-0.05, 0) is 81.1 Å². The van der Waals surface area contributed by atoms with Crippen molar-refractivity contribution in [1.29, 1.82) is 5.26 Å². The molecular formula is C20H18Br2N2O2. The van der Waals surface area contributed by atoms with Crippen LogP contribution in [0.4, 0.5) is 5.69 Å². The Kier molecular flexibility index (Phi) is 7.43. The van der Waals surface area contributed by atoms with Gasteiger partial charge in [0, 0.05) is 5.69 Å². The van der Waals surface area contributed by atoms with Crippen molar-refractivity contribution in [1.82, 2.24) is 0 Å². The zero-order chi connectivity index (χ0) is 19.1. The first-order valence-corrected chi connectivity index (χ1v) is 9.65. The molecule has 0 atom stereocenters. The van der Waals surface area contributed by atoms with Crippen LogP contribution in [0.15, 0.2) is 50.9 Å². The number of aryl methyl sites for hydroxylation is 1.